The molecule has 5 atom stereocenters. The number of carbonyl (C=O) groups excluding carboxylic acids is 1. The van der Waals surface area contributed by atoms with Gasteiger partial charge in [-0.15, -0.1) is 0 Å². The number of amides is 1. The molecule has 1 fully saturated rings. The van der Waals surface area contributed by atoms with E-state index in [1.165, 1.54) is 5.56 Å². The molecular weight excluding hydrogens is 584 g/mol. The highest BCUT2D eigenvalue weighted by molar-refractivity contribution is 7.90. The van der Waals surface area contributed by atoms with Gasteiger partial charge in [0.05, 0.1) is 17.5 Å². The van der Waals surface area contributed by atoms with Gasteiger partial charge in [0.15, 0.2) is 0 Å². The average Bonchev–Trinajstić information content (AvgIpc) is 3.00. The number of sulfonamides is 1. The molecule has 0 radical (unpaired) electrons. The number of nitrogens with one attached hydrogen (secondary N) is 1. The monoisotopic (exact) mass is 628 g/mol. The lowest BCUT2D eigenvalue weighted by Crippen LogP contribution is -2.47. The van der Waals surface area contributed by atoms with Crippen LogP contribution in [0.5, 0.6) is 5.75 Å². The van der Waals surface area contributed by atoms with Gasteiger partial charge >= 0.3 is 0 Å². The number of carbonyl (C=O) groups is 1. The number of hydrogen-bond donors (Lipinski definition) is 2. The van der Waals surface area contributed by atoms with E-state index >= 15 is 0 Å². The molecular formula is C34H45ClN2O5S. The van der Waals surface area contributed by atoms with Gasteiger partial charge in [-0.1, -0.05) is 43.7 Å². The Bertz CT molecular complexity index is 1450. The lowest BCUT2D eigenvalue weighted by molar-refractivity contribution is 0.00818. The number of aryl methyl sites for hydroxylation is 1. The zero-order valence-corrected chi connectivity index (χ0v) is 27.1. The van der Waals surface area contributed by atoms with Crippen LogP contribution in [0.1, 0.15) is 80.8 Å². The zero-order chi connectivity index (χ0) is 30.8. The summed E-state index contributed by atoms with van der Waals surface area (Å²) in [5, 5.41) is 10.7. The van der Waals surface area contributed by atoms with Gasteiger partial charge in [0.25, 0.3) is 5.91 Å². The Labute approximate surface area is 261 Å². The summed E-state index contributed by atoms with van der Waals surface area (Å²) in [7, 11) is -3.92. The number of allylic oxidation sites excluding steroid dienone is 1. The van der Waals surface area contributed by atoms with Crippen molar-refractivity contribution in [1.82, 2.24) is 4.72 Å². The van der Waals surface area contributed by atoms with Crippen molar-refractivity contribution < 1.29 is 23.1 Å². The fourth-order valence-electron chi connectivity index (χ4n) is 6.99. The Balaban J connectivity index is 1.58. The number of aliphatic hydroxyl groups excluding tert-OH is 1. The van der Waals surface area contributed by atoms with Gasteiger partial charge < -0.3 is 14.7 Å². The van der Waals surface area contributed by atoms with Crippen LogP contribution in [-0.4, -0.2) is 44.4 Å². The van der Waals surface area contributed by atoms with Gasteiger partial charge in [0.1, 0.15) is 12.4 Å². The van der Waals surface area contributed by atoms with Gasteiger partial charge in [-0.05, 0) is 111 Å². The molecule has 7 nitrogen and oxygen atoms in total. The van der Waals surface area contributed by atoms with E-state index in [0.717, 1.165) is 62.9 Å². The van der Waals surface area contributed by atoms with Crippen molar-refractivity contribution >= 4 is 33.2 Å². The van der Waals surface area contributed by atoms with Crippen LogP contribution in [0.25, 0.3) is 0 Å². The number of aliphatic hydroxyl groups is 1. The zero-order valence-electron chi connectivity index (χ0n) is 25.5. The van der Waals surface area contributed by atoms with E-state index in [4.69, 9.17) is 16.3 Å². The number of ether oxygens (including phenoxy) is 1. The minimum atomic E-state index is -3.92. The highest BCUT2D eigenvalue weighted by Gasteiger charge is 2.45. The van der Waals surface area contributed by atoms with Gasteiger partial charge in [-0.2, -0.15) is 0 Å². The number of anilines is 1. The third-order valence-corrected chi connectivity index (χ3v) is 12.4. The Morgan fingerprint density at radius 1 is 1.12 bits per heavy atom. The Kier molecular flexibility index (Phi) is 9.79. The summed E-state index contributed by atoms with van der Waals surface area (Å²) >= 11 is 6.33. The highest BCUT2D eigenvalue weighted by Crippen LogP contribution is 2.50. The molecule has 2 bridgehead atoms. The largest absolute Gasteiger partial charge is 0.487 e. The fraction of sp³-hybridized carbons (Fsp3) is 0.559. The molecule has 2 heterocycles. The molecule has 2 aromatic rings. The predicted octanol–water partition coefficient (Wildman–Crippen LogP) is 6.52. The molecule has 0 unspecified atom stereocenters. The van der Waals surface area contributed by atoms with E-state index in [2.05, 4.69) is 22.6 Å². The van der Waals surface area contributed by atoms with Crippen LogP contribution in [0.4, 0.5) is 5.69 Å². The maximum Gasteiger partial charge on any atom is 0.264 e. The normalized spacial score (nSPS) is 30.3. The molecule has 1 saturated carbocycles. The first-order valence-electron chi connectivity index (χ1n) is 15.7. The second-order valence-electron chi connectivity index (χ2n) is 12.8. The van der Waals surface area contributed by atoms with Gasteiger partial charge in [0.2, 0.25) is 10.0 Å². The summed E-state index contributed by atoms with van der Waals surface area (Å²) in [6.07, 6.45) is 10.5. The fourth-order valence-corrected chi connectivity index (χ4v) is 8.47. The molecule has 9 heteroatoms. The van der Waals surface area contributed by atoms with Crippen molar-refractivity contribution in [3.8, 4) is 5.75 Å². The quantitative estimate of drug-likeness (QED) is 0.368. The second kappa shape index (κ2) is 13.2. The topological polar surface area (TPSA) is 95.9 Å². The Hall–Kier alpha value is -2.55. The van der Waals surface area contributed by atoms with Crippen molar-refractivity contribution in [2.75, 3.05) is 24.6 Å². The summed E-state index contributed by atoms with van der Waals surface area (Å²) in [5.74, 6) is 0.487. The minimum absolute atomic E-state index is 0.0596. The van der Waals surface area contributed by atoms with Crippen LogP contribution in [0.3, 0.4) is 0 Å². The first-order chi connectivity index (χ1) is 20.6. The number of halogens is 1. The van der Waals surface area contributed by atoms with E-state index in [9.17, 15) is 18.3 Å². The average molecular weight is 629 g/mol. The third kappa shape index (κ3) is 6.76. The summed E-state index contributed by atoms with van der Waals surface area (Å²) in [5.41, 5.74) is 2.98. The number of fused-ring (bicyclic) bond motifs is 3. The molecule has 5 rings (SSSR count). The molecule has 0 spiro atoms. The SMILES string of the molecule is CC[C@@]1(CO)/C=C/C[C@H](C)[C@@H](C)S(=O)(=O)NC(=O)c2ccc3c(c2)N(CCCCc2cc(Cl)ccc2CO3)C[C@@H]2CC[C@H]21. The second-order valence-corrected chi connectivity index (χ2v) is 15.2. The smallest absolute Gasteiger partial charge is 0.264 e. The summed E-state index contributed by atoms with van der Waals surface area (Å²) < 4.78 is 35.3. The van der Waals surface area contributed by atoms with Crippen LogP contribution in [0.15, 0.2) is 48.6 Å². The molecule has 2 aromatic carbocycles. The maximum atomic E-state index is 13.4. The lowest BCUT2D eigenvalue weighted by atomic mass is 9.58. The number of benzene rings is 2. The number of hydrogen-bond acceptors (Lipinski definition) is 6. The minimum Gasteiger partial charge on any atom is -0.487 e. The van der Waals surface area contributed by atoms with Gasteiger partial charge in [0, 0.05) is 29.1 Å². The van der Waals surface area contributed by atoms with Crippen LogP contribution in [0, 0.1) is 23.2 Å². The molecule has 43 heavy (non-hydrogen) atoms. The van der Waals surface area contributed by atoms with E-state index < -0.39 is 21.2 Å². The van der Waals surface area contributed by atoms with Gasteiger partial charge in [-0.3, -0.25) is 4.79 Å². The lowest BCUT2D eigenvalue weighted by Gasteiger charge is -2.50. The van der Waals surface area contributed by atoms with Crippen LogP contribution in [0.2, 0.25) is 5.02 Å². The molecule has 234 valence electrons. The van der Waals surface area contributed by atoms with E-state index in [1.54, 1.807) is 25.1 Å². The number of nitrogens with zero attached hydrogens (tertiary/aromatic N) is 1. The summed E-state index contributed by atoms with van der Waals surface area (Å²) in [6.45, 7) is 7.63. The first kappa shape index (κ1) is 31.9. The first-order valence-corrected chi connectivity index (χ1v) is 17.6. The van der Waals surface area contributed by atoms with E-state index in [0.29, 0.717) is 35.6 Å². The molecule has 1 amide bonds. The maximum absolute atomic E-state index is 13.4. The standard InChI is InChI=1S/C34H45ClN2O5S/c1-4-34(22-38)16-7-8-23(2)24(3)43(40,41)36-33(39)26-12-15-32-31(19-26)37(20-27-11-14-30(27)34)17-6-5-9-25-18-29(35)13-10-28(25)21-42-32/h7,10,12-13,15-16,18-19,23-24,27,30,38H,4-6,8-9,11,14,17,20-22H2,1-3H3,(H,36,39)/b16-7+/t23-,24+,27-,30+,34-/m0/s1. The van der Waals surface area contributed by atoms with Crippen LogP contribution in [-0.2, 0) is 23.1 Å². The summed E-state index contributed by atoms with van der Waals surface area (Å²) in [6, 6.07) is 11.1. The summed E-state index contributed by atoms with van der Waals surface area (Å²) in [4.78, 5) is 15.7. The molecule has 3 aliphatic rings. The van der Waals surface area contributed by atoms with E-state index in [-0.39, 0.29) is 23.5 Å². The van der Waals surface area contributed by atoms with Crippen molar-refractivity contribution in [3.05, 3.63) is 70.3 Å². The van der Waals surface area contributed by atoms with E-state index in [1.807, 2.05) is 31.2 Å². The Morgan fingerprint density at radius 2 is 1.93 bits per heavy atom. The van der Waals surface area contributed by atoms with Crippen LogP contribution < -0.4 is 14.4 Å². The van der Waals surface area contributed by atoms with Gasteiger partial charge in [-0.25, -0.2) is 13.1 Å². The molecule has 0 aromatic heterocycles. The van der Waals surface area contributed by atoms with Crippen LogP contribution >= 0.6 is 11.6 Å². The molecule has 2 aliphatic heterocycles. The van der Waals surface area contributed by atoms with Crippen molar-refractivity contribution in [2.45, 2.75) is 77.6 Å². The van der Waals surface area contributed by atoms with Crippen molar-refractivity contribution in [1.29, 1.82) is 0 Å². The third-order valence-electron chi connectivity index (χ3n) is 10.3. The number of rotatable bonds is 2. The molecule has 1 aliphatic carbocycles. The van der Waals surface area contributed by atoms with Crippen molar-refractivity contribution in [3.63, 3.8) is 0 Å². The predicted molar refractivity (Wildman–Crippen MR) is 172 cm³/mol. The Morgan fingerprint density at radius 3 is 2.65 bits per heavy atom. The molecule has 0 saturated heterocycles. The highest BCUT2D eigenvalue weighted by atomic mass is 35.5. The molecule has 2 N–H and O–H groups in total. The van der Waals surface area contributed by atoms with Crippen molar-refractivity contribution in [2.24, 2.45) is 23.2 Å².